The molecular weight excluding hydrogens is 222 g/mol. The number of rotatable bonds is 2. The molecule has 0 fully saturated rings. The van der Waals surface area contributed by atoms with Gasteiger partial charge in [-0.15, -0.1) is 10.2 Å². The number of hydrogen-bond donors (Lipinski definition) is 0. The Balaban J connectivity index is 2.31. The summed E-state index contributed by atoms with van der Waals surface area (Å²) in [6.07, 6.45) is 2.66. The van der Waals surface area contributed by atoms with E-state index in [1.165, 1.54) is 4.68 Å². The van der Waals surface area contributed by atoms with Gasteiger partial charge in [0.2, 0.25) is 0 Å². The minimum atomic E-state index is -1.77. The average molecular weight is 228 g/mol. The lowest BCUT2D eigenvalue weighted by Crippen LogP contribution is -2.40. The summed E-state index contributed by atoms with van der Waals surface area (Å²) in [6, 6.07) is 7.19. The summed E-state index contributed by atoms with van der Waals surface area (Å²) in [5.74, 6) is -1.42. The van der Waals surface area contributed by atoms with E-state index in [1.807, 2.05) is 12.1 Å². The Morgan fingerprint density at radius 3 is 2.82 bits per heavy atom. The second-order valence-corrected chi connectivity index (χ2v) is 3.56. The van der Waals surface area contributed by atoms with Gasteiger partial charge >= 0.3 is 11.6 Å². The third-order valence-electron chi connectivity index (χ3n) is 2.59. The van der Waals surface area contributed by atoms with E-state index < -0.39 is 11.6 Å². The molecule has 0 spiro atoms. The number of carbonyl (C=O) groups is 1. The second-order valence-electron chi connectivity index (χ2n) is 3.56. The highest BCUT2D eigenvalue weighted by Gasteiger charge is 2.45. The zero-order valence-electron chi connectivity index (χ0n) is 8.52. The van der Waals surface area contributed by atoms with Gasteiger partial charge in [0.15, 0.2) is 0 Å². The third-order valence-corrected chi connectivity index (χ3v) is 2.59. The highest BCUT2D eigenvalue weighted by atomic mass is 16.4. The molecule has 1 atom stereocenters. The van der Waals surface area contributed by atoms with Crippen LogP contribution in [0.2, 0.25) is 0 Å². The fourth-order valence-corrected chi connectivity index (χ4v) is 1.75. The SMILES string of the molecule is [O]C(=O)C1(n2ncc3ccccc32)C=NN=N1. The van der Waals surface area contributed by atoms with Crippen molar-refractivity contribution in [1.29, 1.82) is 0 Å². The highest BCUT2D eigenvalue weighted by molar-refractivity contribution is 5.98. The summed E-state index contributed by atoms with van der Waals surface area (Å²) in [7, 11) is 0. The minimum Gasteiger partial charge on any atom is -0.242 e. The van der Waals surface area contributed by atoms with Crippen LogP contribution in [0.1, 0.15) is 0 Å². The lowest BCUT2D eigenvalue weighted by molar-refractivity contribution is -0.150. The van der Waals surface area contributed by atoms with Crippen molar-refractivity contribution in [3.63, 3.8) is 0 Å². The van der Waals surface area contributed by atoms with Gasteiger partial charge in [-0.1, -0.05) is 18.2 Å². The van der Waals surface area contributed by atoms with Gasteiger partial charge in [0.1, 0.15) is 0 Å². The standard InChI is InChI=1S/C10H6N5O2/c16-9(17)10(6-11-14-13-10)15-8-4-2-1-3-7(8)5-12-15/h1-6H. The maximum Gasteiger partial charge on any atom is 0.412 e. The Labute approximate surface area is 95.1 Å². The molecule has 1 unspecified atom stereocenters. The molecule has 0 N–H and O–H groups in total. The van der Waals surface area contributed by atoms with E-state index in [0.29, 0.717) is 5.52 Å². The number of para-hydroxylation sites is 1. The summed E-state index contributed by atoms with van der Waals surface area (Å²) in [5, 5.41) is 26.5. The first kappa shape index (κ1) is 9.64. The van der Waals surface area contributed by atoms with E-state index in [2.05, 4.69) is 20.5 Å². The second kappa shape index (κ2) is 3.21. The zero-order chi connectivity index (χ0) is 11.9. The van der Waals surface area contributed by atoms with Crippen LogP contribution >= 0.6 is 0 Å². The first-order valence-electron chi connectivity index (χ1n) is 4.85. The van der Waals surface area contributed by atoms with Crippen molar-refractivity contribution in [1.82, 2.24) is 9.78 Å². The molecule has 83 valence electrons. The van der Waals surface area contributed by atoms with Crippen LogP contribution in [0.15, 0.2) is 45.9 Å². The molecule has 1 aromatic carbocycles. The van der Waals surface area contributed by atoms with Crippen molar-refractivity contribution in [3.8, 4) is 0 Å². The van der Waals surface area contributed by atoms with Gasteiger partial charge in [-0.2, -0.15) is 5.10 Å². The zero-order valence-corrected chi connectivity index (χ0v) is 8.52. The maximum absolute atomic E-state index is 11.2. The number of aromatic nitrogens is 2. The average Bonchev–Trinajstić information content (AvgIpc) is 2.95. The molecule has 0 amide bonds. The van der Waals surface area contributed by atoms with E-state index in [-0.39, 0.29) is 0 Å². The molecule has 0 saturated carbocycles. The molecule has 7 heteroatoms. The van der Waals surface area contributed by atoms with Crippen LogP contribution in [0.5, 0.6) is 0 Å². The molecular formula is C10H6N5O2. The number of benzene rings is 1. The van der Waals surface area contributed by atoms with Crippen molar-refractivity contribution in [3.05, 3.63) is 30.5 Å². The smallest absolute Gasteiger partial charge is 0.242 e. The predicted octanol–water partition coefficient (Wildman–Crippen LogP) is 1.10. The van der Waals surface area contributed by atoms with Crippen LogP contribution in [-0.4, -0.2) is 22.0 Å². The molecule has 0 saturated heterocycles. The fourth-order valence-electron chi connectivity index (χ4n) is 1.75. The van der Waals surface area contributed by atoms with E-state index >= 15 is 0 Å². The van der Waals surface area contributed by atoms with Gasteiger partial charge < -0.3 is 0 Å². The van der Waals surface area contributed by atoms with Crippen molar-refractivity contribution >= 4 is 23.1 Å². The van der Waals surface area contributed by atoms with Gasteiger partial charge in [0.25, 0.3) is 0 Å². The molecule has 0 aliphatic carbocycles. The van der Waals surface area contributed by atoms with Crippen LogP contribution < -0.4 is 0 Å². The molecule has 1 aromatic heterocycles. The molecule has 17 heavy (non-hydrogen) atoms. The fraction of sp³-hybridized carbons (Fsp3) is 0.100. The summed E-state index contributed by atoms with van der Waals surface area (Å²) >= 11 is 0. The molecule has 0 bridgehead atoms. The Kier molecular flexibility index (Phi) is 1.82. The van der Waals surface area contributed by atoms with Gasteiger partial charge in [0.05, 0.1) is 17.9 Å². The molecule has 7 nitrogen and oxygen atoms in total. The quantitative estimate of drug-likeness (QED) is 0.769. The van der Waals surface area contributed by atoms with Crippen molar-refractivity contribution < 1.29 is 9.90 Å². The Bertz CT molecular complexity index is 646. The number of fused-ring (bicyclic) bond motifs is 1. The van der Waals surface area contributed by atoms with Crippen molar-refractivity contribution in [2.75, 3.05) is 0 Å². The summed E-state index contributed by atoms with van der Waals surface area (Å²) in [6.45, 7) is 0. The molecule has 1 radical (unpaired) electrons. The molecule has 1 aliphatic heterocycles. The van der Waals surface area contributed by atoms with E-state index in [0.717, 1.165) is 11.6 Å². The largest absolute Gasteiger partial charge is 0.412 e. The van der Waals surface area contributed by atoms with Crippen LogP contribution in [0.4, 0.5) is 0 Å². The summed E-state index contributed by atoms with van der Waals surface area (Å²) in [4.78, 5) is 11.2. The van der Waals surface area contributed by atoms with Crippen LogP contribution in [0.3, 0.4) is 0 Å². The van der Waals surface area contributed by atoms with Crippen LogP contribution in [0, 0.1) is 0 Å². The Morgan fingerprint density at radius 1 is 1.29 bits per heavy atom. The number of hydrogen-bond acceptors (Lipinski definition) is 5. The van der Waals surface area contributed by atoms with Gasteiger partial charge in [-0.25, -0.2) is 14.6 Å². The summed E-state index contributed by atoms with van der Waals surface area (Å²) < 4.78 is 1.23. The molecule has 2 aromatic rings. The van der Waals surface area contributed by atoms with Gasteiger partial charge in [-0.05, 0) is 11.3 Å². The van der Waals surface area contributed by atoms with Crippen molar-refractivity contribution in [2.24, 2.45) is 15.4 Å². The van der Waals surface area contributed by atoms with Gasteiger partial charge in [-0.3, -0.25) is 0 Å². The first-order valence-corrected chi connectivity index (χ1v) is 4.85. The van der Waals surface area contributed by atoms with Crippen LogP contribution in [0.25, 0.3) is 10.9 Å². The maximum atomic E-state index is 11.2. The minimum absolute atomic E-state index is 0.629. The lowest BCUT2D eigenvalue weighted by Gasteiger charge is -2.15. The van der Waals surface area contributed by atoms with Crippen LogP contribution in [-0.2, 0) is 15.6 Å². The van der Waals surface area contributed by atoms with Gasteiger partial charge in [0, 0.05) is 5.39 Å². The Hall–Kier alpha value is -2.57. The normalized spacial score (nSPS) is 22.4. The summed E-state index contributed by atoms with van der Waals surface area (Å²) in [5.41, 5.74) is -1.15. The lowest BCUT2D eigenvalue weighted by atomic mass is 10.2. The molecule has 3 rings (SSSR count). The topological polar surface area (TPSA) is 91.9 Å². The first-order chi connectivity index (χ1) is 8.24. The number of nitrogens with zero attached hydrogens (tertiary/aromatic N) is 5. The highest BCUT2D eigenvalue weighted by Crippen LogP contribution is 2.26. The van der Waals surface area contributed by atoms with E-state index in [9.17, 15) is 9.90 Å². The monoisotopic (exact) mass is 228 g/mol. The van der Waals surface area contributed by atoms with E-state index in [1.54, 1.807) is 18.3 Å². The number of carbonyl (C=O) groups excluding carboxylic acids is 1. The third kappa shape index (κ3) is 1.19. The Morgan fingerprint density at radius 2 is 2.12 bits per heavy atom. The molecule has 1 aliphatic rings. The predicted molar refractivity (Wildman–Crippen MR) is 56.7 cm³/mol. The van der Waals surface area contributed by atoms with E-state index in [4.69, 9.17) is 0 Å². The van der Waals surface area contributed by atoms with Crippen molar-refractivity contribution in [2.45, 2.75) is 5.66 Å². The molecule has 2 heterocycles.